The zero-order valence-electron chi connectivity index (χ0n) is 8.60. The van der Waals surface area contributed by atoms with E-state index in [0.29, 0.717) is 24.8 Å². The first-order valence-electron chi connectivity index (χ1n) is 5.29. The van der Waals surface area contributed by atoms with Crippen LogP contribution in [-0.4, -0.2) is 41.1 Å². The SMILES string of the molecule is O=C(c1cncc(F)c1)N1CCC2OC2C1. The van der Waals surface area contributed by atoms with Crippen molar-refractivity contribution in [3.8, 4) is 0 Å². The molecule has 2 aliphatic heterocycles. The van der Waals surface area contributed by atoms with Crippen molar-refractivity contribution >= 4 is 5.91 Å². The average Bonchev–Trinajstić information content (AvgIpc) is 3.06. The van der Waals surface area contributed by atoms with E-state index < -0.39 is 5.82 Å². The van der Waals surface area contributed by atoms with Crippen LogP contribution in [0.4, 0.5) is 4.39 Å². The maximum atomic E-state index is 12.9. The molecular weight excluding hydrogens is 211 g/mol. The van der Waals surface area contributed by atoms with Crippen molar-refractivity contribution < 1.29 is 13.9 Å². The molecule has 0 N–H and O–H groups in total. The largest absolute Gasteiger partial charge is 0.368 e. The van der Waals surface area contributed by atoms with Gasteiger partial charge in [0.25, 0.3) is 5.91 Å². The number of carbonyl (C=O) groups is 1. The molecule has 0 aromatic carbocycles. The second-order valence-electron chi connectivity index (χ2n) is 4.14. The van der Waals surface area contributed by atoms with E-state index in [1.54, 1.807) is 4.90 Å². The lowest BCUT2D eigenvalue weighted by Crippen LogP contribution is -2.39. The molecular formula is C11H11FN2O2. The maximum Gasteiger partial charge on any atom is 0.255 e. The molecule has 2 aliphatic rings. The summed E-state index contributed by atoms with van der Waals surface area (Å²) >= 11 is 0. The highest BCUT2D eigenvalue weighted by atomic mass is 19.1. The molecule has 0 aliphatic carbocycles. The summed E-state index contributed by atoms with van der Waals surface area (Å²) in [5.74, 6) is -0.649. The van der Waals surface area contributed by atoms with Crippen molar-refractivity contribution in [2.75, 3.05) is 13.1 Å². The van der Waals surface area contributed by atoms with Crippen molar-refractivity contribution in [3.63, 3.8) is 0 Å². The number of piperidine rings is 1. The number of amides is 1. The molecule has 3 heterocycles. The Morgan fingerprint density at radius 2 is 2.38 bits per heavy atom. The summed E-state index contributed by atoms with van der Waals surface area (Å²) in [6.07, 6.45) is 3.89. The van der Waals surface area contributed by atoms with E-state index in [2.05, 4.69) is 4.98 Å². The van der Waals surface area contributed by atoms with Gasteiger partial charge in [-0.05, 0) is 12.5 Å². The van der Waals surface area contributed by atoms with E-state index in [1.165, 1.54) is 12.3 Å². The van der Waals surface area contributed by atoms with Gasteiger partial charge in [0.1, 0.15) is 11.9 Å². The molecule has 1 aromatic heterocycles. The van der Waals surface area contributed by atoms with Crippen molar-refractivity contribution in [2.45, 2.75) is 18.6 Å². The number of halogens is 1. The van der Waals surface area contributed by atoms with Crippen LogP contribution in [-0.2, 0) is 4.74 Å². The van der Waals surface area contributed by atoms with E-state index in [0.717, 1.165) is 12.6 Å². The maximum absolute atomic E-state index is 12.9. The zero-order valence-corrected chi connectivity index (χ0v) is 8.60. The Kier molecular flexibility index (Phi) is 2.14. The number of ether oxygens (including phenoxy) is 1. The molecule has 1 aromatic rings. The predicted molar refractivity (Wildman–Crippen MR) is 53.4 cm³/mol. The fourth-order valence-electron chi connectivity index (χ4n) is 2.08. The van der Waals surface area contributed by atoms with Crippen LogP contribution in [0.2, 0.25) is 0 Å². The summed E-state index contributed by atoms with van der Waals surface area (Å²) < 4.78 is 18.3. The third-order valence-corrected chi connectivity index (χ3v) is 3.01. The number of carbonyl (C=O) groups excluding carboxylic acids is 1. The average molecular weight is 222 g/mol. The minimum atomic E-state index is -0.483. The summed E-state index contributed by atoms with van der Waals surface area (Å²) in [7, 11) is 0. The van der Waals surface area contributed by atoms with Gasteiger partial charge >= 0.3 is 0 Å². The van der Waals surface area contributed by atoms with Crippen LogP contribution in [0.1, 0.15) is 16.8 Å². The van der Waals surface area contributed by atoms with Gasteiger partial charge < -0.3 is 9.64 Å². The molecule has 84 valence electrons. The third-order valence-electron chi connectivity index (χ3n) is 3.01. The van der Waals surface area contributed by atoms with E-state index in [-0.39, 0.29) is 12.0 Å². The Balaban J connectivity index is 1.76. The van der Waals surface area contributed by atoms with Gasteiger partial charge in [-0.1, -0.05) is 0 Å². The lowest BCUT2D eigenvalue weighted by Gasteiger charge is -2.24. The van der Waals surface area contributed by atoms with Crippen LogP contribution >= 0.6 is 0 Å². The highest BCUT2D eigenvalue weighted by molar-refractivity contribution is 5.94. The molecule has 0 spiro atoms. The molecule has 2 atom stereocenters. The summed E-state index contributed by atoms with van der Waals surface area (Å²) in [5, 5.41) is 0. The monoisotopic (exact) mass is 222 g/mol. The van der Waals surface area contributed by atoms with Crippen molar-refractivity contribution in [3.05, 3.63) is 29.8 Å². The molecule has 5 heteroatoms. The van der Waals surface area contributed by atoms with E-state index in [4.69, 9.17) is 4.74 Å². The van der Waals surface area contributed by atoms with Crippen LogP contribution in [0, 0.1) is 5.82 Å². The van der Waals surface area contributed by atoms with Crippen LogP contribution in [0.25, 0.3) is 0 Å². The number of likely N-dealkylation sites (tertiary alicyclic amines) is 1. The summed E-state index contributed by atoms with van der Waals surface area (Å²) in [4.78, 5) is 17.4. The first-order valence-corrected chi connectivity index (χ1v) is 5.29. The minimum Gasteiger partial charge on any atom is -0.368 e. The Hall–Kier alpha value is -1.49. The number of rotatable bonds is 1. The molecule has 3 rings (SSSR count). The first-order chi connectivity index (χ1) is 7.74. The van der Waals surface area contributed by atoms with Gasteiger partial charge in [-0.3, -0.25) is 9.78 Å². The molecule has 0 bridgehead atoms. The minimum absolute atomic E-state index is 0.166. The Morgan fingerprint density at radius 1 is 1.50 bits per heavy atom. The van der Waals surface area contributed by atoms with Crippen LogP contribution < -0.4 is 0 Å². The second kappa shape index (κ2) is 3.52. The van der Waals surface area contributed by atoms with Gasteiger partial charge in [-0.25, -0.2) is 4.39 Å². The van der Waals surface area contributed by atoms with E-state index >= 15 is 0 Å². The quantitative estimate of drug-likeness (QED) is 0.661. The third kappa shape index (κ3) is 1.67. The van der Waals surface area contributed by atoms with E-state index in [1.807, 2.05) is 0 Å². The van der Waals surface area contributed by atoms with Gasteiger partial charge in [0.05, 0.1) is 17.9 Å². The second-order valence-corrected chi connectivity index (χ2v) is 4.14. The molecule has 16 heavy (non-hydrogen) atoms. The van der Waals surface area contributed by atoms with Gasteiger partial charge in [0.2, 0.25) is 0 Å². The summed E-state index contributed by atoms with van der Waals surface area (Å²) in [5.41, 5.74) is 0.305. The Morgan fingerprint density at radius 3 is 3.12 bits per heavy atom. The predicted octanol–water partition coefficient (Wildman–Crippen LogP) is 0.834. The number of fused-ring (bicyclic) bond motifs is 1. The number of nitrogens with zero attached hydrogens (tertiary/aromatic N) is 2. The van der Waals surface area contributed by atoms with E-state index in [9.17, 15) is 9.18 Å². The summed E-state index contributed by atoms with van der Waals surface area (Å²) in [6.45, 7) is 1.29. The number of hydrogen-bond donors (Lipinski definition) is 0. The van der Waals surface area contributed by atoms with Crippen LogP contribution in [0.15, 0.2) is 18.5 Å². The number of aromatic nitrogens is 1. The molecule has 0 radical (unpaired) electrons. The fourth-order valence-corrected chi connectivity index (χ4v) is 2.08. The smallest absolute Gasteiger partial charge is 0.255 e. The summed E-state index contributed by atoms with van der Waals surface area (Å²) in [6, 6.07) is 1.22. The van der Waals surface area contributed by atoms with Crippen molar-refractivity contribution in [1.82, 2.24) is 9.88 Å². The van der Waals surface area contributed by atoms with Gasteiger partial charge in [-0.2, -0.15) is 0 Å². The highest BCUT2D eigenvalue weighted by Crippen LogP contribution is 2.31. The Labute approximate surface area is 92.0 Å². The van der Waals surface area contributed by atoms with Gasteiger partial charge in [0.15, 0.2) is 0 Å². The molecule has 4 nitrogen and oxygen atoms in total. The first kappa shape index (κ1) is 9.72. The lowest BCUT2D eigenvalue weighted by atomic mass is 10.1. The van der Waals surface area contributed by atoms with Gasteiger partial charge in [-0.15, -0.1) is 0 Å². The molecule has 2 unspecified atom stereocenters. The molecule has 1 amide bonds. The standard InChI is InChI=1S/C11H11FN2O2/c12-8-3-7(4-13-5-8)11(15)14-2-1-9-10(6-14)16-9/h3-5,9-10H,1-2,6H2. The Bertz CT molecular complexity index is 438. The van der Waals surface area contributed by atoms with Crippen LogP contribution in [0.5, 0.6) is 0 Å². The van der Waals surface area contributed by atoms with Crippen LogP contribution in [0.3, 0.4) is 0 Å². The van der Waals surface area contributed by atoms with Gasteiger partial charge in [0, 0.05) is 19.3 Å². The topological polar surface area (TPSA) is 45.7 Å². The molecule has 2 fully saturated rings. The normalized spacial score (nSPS) is 27.4. The highest BCUT2D eigenvalue weighted by Gasteiger charge is 2.44. The number of pyridine rings is 1. The number of epoxide rings is 1. The zero-order chi connectivity index (χ0) is 11.1. The van der Waals surface area contributed by atoms with Crippen molar-refractivity contribution in [2.24, 2.45) is 0 Å². The van der Waals surface area contributed by atoms with Crippen molar-refractivity contribution in [1.29, 1.82) is 0 Å². The number of hydrogen-bond acceptors (Lipinski definition) is 3. The lowest BCUT2D eigenvalue weighted by molar-refractivity contribution is 0.0735. The molecule has 0 saturated carbocycles. The molecule has 2 saturated heterocycles. The fraction of sp³-hybridized carbons (Fsp3) is 0.455.